The van der Waals surface area contributed by atoms with Gasteiger partial charge in [0.2, 0.25) is 5.91 Å². The summed E-state index contributed by atoms with van der Waals surface area (Å²) in [6.07, 6.45) is 5.62. The lowest BCUT2D eigenvalue weighted by atomic mass is 9.85. The van der Waals surface area contributed by atoms with Gasteiger partial charge in [-0.1, -0.05) is 25.3 Å². The van der Waals surface area contributed by atoms with E-state index in [1.165, 1.54) is 12.5 Å². The van der Waals surface area contributed by atoms with Gasteiger partial charge in [0.15, 0.2) is 0 Å². The second kappa shape index (κ2) is 7.19. The van der Waals surface area contributed by atoms with Gasteiger partial charge in [0.05, 0.1) is 18.2 Å². The Morgan fingerprint density at radius 2 is 2.12 bits per heavy atom. The molecule has 1 aromatic rings. The first kappa shape index (κ1) is 17.4. The number of hydrogen-bond donors (Lipinski definition) is 2. The van der Waals surface area contributed by atoms with Crippen LogP contribution in [0.15, 0.2) is 18.2 Å². The molecule has 0 spiro atoms. The van der Waals surface area contributed by atoms with Crippen molar-refractivity contribution in [3.8, 4) is 0 Å². The summed E-state index contributed by atoms with van der Waals surface area (Å²) in [6.45, 7) is 3.32. The summed E-state index contributed by atoms with van der Waals surface area (Å²) in [5, 5.41) is 13.6. The molecule has 132 valence electrons. The first-order valence-electron chi connectivity index (χ1n) is 8.99. The highest BCUT2D eigenvalue weighted by Crippen LogP contribution is 2.30. The molecule has 5 heteroatoms. The van der Waals surface area contributed by atoms with E-state index in [0.29, 0.717) is 19.5 Å². The maximum Gasteiger partial charge on any atom is 0.237 e. The Hall–Kier alpha value is -1.46. The van der Waals surface area contributed by atoms with E-state index < -0.39 is 5.60 Å². The molecule has 1 aromatic carbocycles. The van der Waals surface area contributed by atoms with E-state index in [4.69, 9.17) is 0 Å². The predicted octanol–water partition coefficient (Wildman–Crippen LogP) is 2.56. The van der Waals surface area contributed by atoms with E-state index in [1.807, 2.05) is 11.8 Å². The van der Waals surface area contributed by atoms with Crippen molar-refractivity contribution in [1.29, 1.82) is 0 Å². The van der Waals surface area contributed by atoms with Crippen LogP contribution in [0.3, 0.4) is 0 Å². The van der Waals surface area contributed by atoms with Gasteiger partial charge in [-0.15, -0.1) is 0 Å². The monoisotopic (exact) mass is 334 g/mol. The van der Waals surface area contributed by atoms with E-state index in [9.17, 15) is 14.3 Å². The zero-order valence-electron chi connectivity index (χ0n) is 14.4. The van der Waals surface area contributed by atoms with Gasteiger partial charge in [0.1, 0.15) is 5.82 Å². The summed E-state index contributed by atoms with van der Waals surface area (Å²) in [7, 11) is 0. The van der Waals surface area contributed by atoms with E-state index in [2.05, 4.69) is 5.32 Å². The maximum absolute atomic E-state index is 13.3. The Labute approximate surface area is 143 Å². The molecular formula is C19H27FN2O2. The van der Waals surface area contributed by atoms with Gasteiger partial charge >= 0.3 is 0 Å². The summed E-state index contributed by atoms with van der Waals surface area (Å²) in [6, 6.07) is 4.78. The molecule has 0 saturated heterocycles. The van der Waals surface area contributed by atoms with Crippen LogP contribution in [-0.4, -0.2) is 41.1 Å². The quantitative estimate of drug-likeness (QED) is 0.890. The Bertz CT molecular complexity index is 599. The molecule has 24 heavy (non-hydrogen) atoms. The highest BCUT2D eigenvalue weighted by Gasteiger charge is 2.30. The second-order valence-corrected chi connectivity index (χ2v) is 7.24. The van der Waals surface area contributed by atoms with Gasteiger partial charge in [-0.25, -0.2) is 4.39 Å². The molecule has 1 fully saturated rings. The predicted molar refractivity (Wildman–Crippen MR) is 91.1 cm³/mol. The number of nitrogens with one attached hydrogen (secondary N) is 1. The number of hydrogen-bond acceptors (Lipinski definition) is 3. The summed E-state index contributed by atoms with van der Waals surface area (Å²) in [4.78, 5) is 14.4. The summed E-state index contributed by atoms with van der Waals surface area (Å²) >= 11 is 0. The number of halogens is 1. The van der Waals surface area contributed by atoms with Crippen LogP contribution in [0.5, 0.6) is 0 Å². The Kier molecular flexibility index (Phi) is 5.21. The Morgan fingerprint density at radius 1 is 1.38 bits per heavy atom. The average molecular weight is 334 g/mol. The first-order chi connectivity index (χ1) is 11.5. The number of benzene rings is 1. The number of fused-ring (bicyclic) bond motifs is 1. The van der Waals surface area contributed by atoms with Crippen molar-refractivity contribution in [2.24, 2.45) is 0 Å². The highest BCUT2D eigenvalue weighted by atomic mass is 19.1. The topological polar surface area (TPSA) is 52.6 Å². The lowest BCUT2D eigenvalue weighted by Crippen LogP contribution is -2.47. The molecule has 1 unspecified atom stereocenters. The Morgan fingerprint density at radius 3 is 2.88 bits per heavy atom. The molecule has 3 rings (SSSR count). The average Bonchev–Trinajstić information content (AvgIpc) is 2.55. The van der Waals surface area contributed by atoms with Crippen molar-refractivity contribution >= 4 is 5.91 Å². The number of carbonyl (C=O) groups is 1. The molecular weight excluding hydrogens is 307 g/mol. The number of amides is 1. The third-order valence-corrected chi connectivity index (χ3v) is 5.48. The van der Waals surface area contributed by atoms with Crippen LogP contribution in [0.2, 0.25) is 0 Å². The van der Waals surface area contributed by atoms with Gasteiger partial charge in [-0.3, -0.25) is 4.79 Å². The second-order valence-electron chi connectivity index (χ2n) is 7.24. The molecule has 2 N–H and O–H groups in total. The van der Waals surface area contributed by atoms with Gasteiger partial charge < -0.3 is 15.3 Å². The van der Waals surface area contributed by atoms with Crippen molar-refractivity contribution in [2.75, 3.05) is 19.6 Å². The number of carbonyl (C=O) groups excluding carboxylic acids is 1. The third-order valence-electron chi connectivity index (χ3n) is 5.48. The summed E-state index contributed by atoms with van der Waals surface area (Å²) in [5.74, 6) is -0.181. The minimum atomic E-state index is -0.657. The summed E-state index contributed by atoms with van der Waals surface area (Å²) in [5.41, 5.74) is 1.37. The van der Waals surface area contributed by atoms with Gasteiger partial charge in [0.25, 0.3) is 0 Å². The van der Waals surface area contributed by atoms with Crippen LogP contribution in [0.1, 0.15) is 56.2 Å². The molecule has 0 bridgehead atoms. The van der Waals surface area contributed by atoms with E-state index in [0.717, 1.165) is 36.8 Å². The standard InChI is InChI=1S/C19H27FN2O2/c1-14-17-6-5-16(20)11-15(17)7-10-22(14)18(23)12-21-13-19(24)8-3-2-4-9-19/h5-6,11,14,21,24H,2-4,7-10,12-13H2,1H3. The molecule has 4 nitrogen and oxygen atoms in total. The summed E-state index contributed by atoms with van der Waals surface area (Å²) < 4.78 is 13.3. The lowest BCUT2D eigenvalue weighted by Gasteiger charge is -2.36. The molecule has 1 aliphatic heterocycles. The van der Waals surface area contributed by atoms with Crippen molar-refractivity contribution in [1.82, 2.24) is 10.2 Å². The molecule has 1 atom stereocenters. The zero-order chi connectivity index (χ0) is 17.2. The minimum Gasteiger partial charge on any atom is -0.389 e. The normalized spacial score (nSPS) is 23.0. The van der Waals surface area contributed by atoms with Crippen molar-refractivity contribution < 1.29 is 14.3 Å². The molecule has 0 radical (unpaired) electrons. The van der Waals surface area contributed by atoms with Crippen molar-refractivity contribution in [3.05, 3.63) is 35.1 Å². The number of aliphatic hydroxyl groups is 1. The fraction of sp³-hybridized carbons (Fsp3) is 0.632. The van der Waals surface area contributed by atoms with Crippen LogP contribution in [0.25, 0.3) is 0 Å². The van der Waals surface area contributed by atoms with E-state index >= 15 is 0 Å². The zero-order valence-corrected chi connectivity index (χ0v) is 14.4. The fourth-order valence-corrected chi connectivity index (χ4v) is 4.03. The van der Waals surface area contributed by atoms with Crippen molar-refractivity contribution in [3.63, 3.8) is 0 Å². The number of rotatable bonds is 4. The lowest BCUT2D eigenvalue weighted by molar-refractivity contribution is -0.133. The van der Waals surface area contributed by atoms with E-state index in [-0.39, 0.29) is 24.3 Å². The third kappa shape index (κ3) is 3.78. The van der Waals surface area contributed by atoms with Crippen LogP contribution in [-0.2, 0) is 11.2 Å². The number of nitrogens with zero attached hydrogens (tertiary/aromatic N) is 1. The van der Waals surface area contributed by atoms with Gasteiger partial charge in [-0.2, -0.15) is 0 Å². The SMILES string of the molecule is CC1c2ccc(F)cc2CCN1C(=O)CNCC1(O)CCCCC1. The maximum atomic E-state index is 13.3. The minimum absolute atomic E-state index is 0.0388. The van der Waals surface area contributed by atoms with Crippen LogP contribution >= 0.6 is 0 Å². The molecule has 1 aliphatic carbocycles. The highest BCUT2D eigenvalue weighted by molar-refractivity contribution is 5.79. The van der Waals surface area contributed by atoms with Crippen LogP contribution in [0, 0.1) is 5.82 Å². The Balaban J connectivity index is 1.55. The molecule has 1 heterocycles. The fourth-order valence-electron chi connectivity index (χ4n) is 4.03. The van der Waals surface area contributed by atoms with Gasteiger partial charge in [-0.05, 0) is 49.4 Å². The molecule has 2 aliphatic rings. The van der Waals surface area contributed by atoms with Crippen molar-refractivity contribution in [2.45, 2.75) is 57.1 Å². The first-order valence-corrected chi connectivity index (χ1v) is 8.99. The van der Waals surface area contributed by atoms with Gasteiger partial charge in [0, 0.05) is 13.1 Å². The van der Waals surface area contributed by atoms with E-state index in [1.54, 1.807) is 12.1 Å². The largest absolute Gasteiger partial charge is 0.389 e. The van der Waals surface area contributed by atoms with Crippen LogP contribution in [0.4, 0.5) is 4.39 Å². The molecule has 1 saturated carbocycles. The molecule has 0 aromatic heterocycles. The smallest absolute Gasteiger partial charge is 0.237 e. The van der Waals surface area contributed by atoms with Crippen LogP contribution < -0.4 is 5.32 Å². The molecule has 1 amide bonds.